The molecule has 1 heteroatoms. The zero-order chi connectivity index (χ0) is 10.8. The monoisotopic (exact) mass is 199 g/mol. The van der Waals surface area contributed by atoms with E-state index in [2.05, 4.69) is 33.0 Å². The van der Waals surface area contributed by atoms with E-state index in [4.69, 9.17) is 0 Å². The van der Waals surface area contributed by atoms with Gasteiger partial charge in [-0.15, -0.1) is 0 Å². The van der Waals surface area contributed by atoms with Crippen LogP contribution in [-0.4, -0.2) is 13.1 Å². The minimum atomic E-state index is 0.788. The molecular formula is C13H29N. The van der Waals surface area contributed by atoms with Gasteiger partial charge < -0.3 is 5.32 Å². The Labute approximate surface area is 90.7 Å². The van der Waals surface area contributed by atoms with Gasteiger partial charge in [-0.2, -0.15) is 0 Å². The van der Waals surface area contributed by atoms with Crippen LogP contribution in [0.15, 0.2) is 0 Å². The first-order valence-electron chi connectivity index (χ1n) is 6.33. The summed E-state index contributed by atoms with van der Waals surface area (Å²) in [5.41, 5.74) is 0. The first-order valence-corrected chi connectivity index (χ1v) is 6.33. The Morgan fingerprint density at radius 1 is 0.786 bits per heavy atom. The van der Waals surface area contributed by atoms with Crippen molar-refractivity contribution in [2.24, 2.45) is 11.8 Å². The molecular weight excluding hydrogens is 170 g/mol. The molecule has 0 aromatic carbocycles. The summed E-state index contributed by atoms with van der Waals surface area (Å²) >= 11 is 0. The van der Waals surface area contributed by atoms with Gasteiger partial charge in [0, 0.05) is 0 Å². The second-order valence-corrected chi connectivity index (χ2v) is 5.19. The van der Waals surface area contributed by atoms with Crippen molar-refractivity contribution in [2.45, 2.75) is 59.8 Å². The maximum atomic E-state index is 3.48. The molecule has 0 aliphatic heterocycles. The predicted octanol–water partition coefficient (Wildman–Crippen LogP) is 3.84. The van der Waals surface area contributed by atoms with Crippen LogP contribution in [0, 0.1) is 11.8 Å². The predicted molar refractivity (Wildman–Crippen MR) is 65.6 cm³/mol. The molecule has 0 unspecified atom stereocenters. The molecule has 0 aliphatic carbocycles. The maximum absolute atomic E-state index is 3.48. The van der Waals surface area contributed by atoms with E-state index in [1.54, 1.807) is 0 Å². The Morgan fingerprint density at radius 2 is 1.43 bits per heavy atom. The summed E-state index contributed by atoms with van der Waals surface area (Å²) < 4.78 is 0. The molecule has 0 amide bonds. The van der Waals surface area contributed by atoms with Gasteiger partial charge in [-0.25, -0.2) is 0 Å². The van der Waals surface area contributed by atoms with E-state index < -0.39 is 0 Å². The molecule has 0 bridgehead atoms. The Kier molecular flexibility index (Phi) is 9.49. The highest BCUT2D eigenvalue weighted by Gasteiger charge is 1.95. The van der Waals surface area contributed by atoms with Crippen LogP contribution in [-0.2, 0) is 0 Å². The minimum Gasteiger partial charge on any atom is -0.316 e. The molecule has 0 atom stereocenters. The van der Waals surface area contributed by atoms with Gasteiger partial charge in [0.1, 0.15) is 0 Å². The van der Waals surface area contributed by atoms with Crippen molar-refractivity contribution in [1.29, 1.82) is 0 Å². The van der Waals surface area contributed by atoms with Crippen LogP contribution in [0.4, 0.5) is 0 Å². The summed E-state index contributed by atoms with van der Waals surface area (Å²) in [7, 11) is 0. The van der Waals surface area contributed by atoms with E-state index >= 15 is 0 Å². The van der Waals surface area contributed by atoms with Gasteiger partial charge in [-0.1, -0.05) is 53.4 Å². The molecule has 0 aromatic heterocycles. The highest BCUT2D eigenvalue weighted by molar-refractivity contribution is 4.53. The van der Waals surface area contributed by atoms with Crippen molar-refractivity contribution in [1.82, 2.24) is 5.32 Å². The Bertz CT molecular complexity index is 93.8. The maximum Gasteiger partial charge on any atom is -0.00258 e. The smallest absolute Gasteiger partial charge is 0.00258 e. The second-order valence-electron chi connectivity index (χ2n) is 5.19. The molecule has 0 saturated carbocycles. The fourth-order valence-corrected chi connectivity index (χ4v) is 1.55. The van der Waals surface area contributed by atoms with Crippen molar-refractivity contribution >= 4 is 0 Å². The van der Waals surface area contributed by atoms with Crippen LogP contribution >= 0.6 is 0 Å². The van der Waals surface area contributed by atoms with Crippen molar-refractivity contribution in [3.8, 4) is 0 Å². The number of nitrogens with one attached hydrogen (secondary N) is 1. The van der Waals surface area contributed by atoms with Crippen LogP contribution in [0.5, 0.6) is 0 Å². The molecule has 0 spiro atoms. The van der Waals surface area contributed by atoms with Crippen molar-refractivity contribution in [3.05, 3.63) is 0 Å². The van der Waals surface area contributed by atoms with Gasteiger partial charge in [0.15, 0.2) is 0 Å². The SMILES string of the molecule is CC(C)CCCCCCNCC(C)C. The van der Waals surface area contributed by atoms with Crippen LogP contribution in [0.25, 0.3) is 0 Å². The Hall–Kier alpha value is -0.0400. The Balaban J connectivity index is 2.92. The lowest BCUT2D eigenvalue weighted by atomic mass is 10.0. The van der Waals surface area contributed by atoms with Crippen LogP contribution in [0.1, 0.15) is 59.8 Å². The number of hydrogen-bond acceptors (Lipinski definition) is 1. The minimum absolute atomic E-state index is 0.788. The highest BCUT2D eigenvalue weighted by atomic mass is 14.8. The van der Waals surface area contributed by atoms with Crippen molar-refractivity contribution in [2.75, 3.05) is 13.1 Å². The number of rotatable bonds is 9. The first-order chi connectivity index (χ1) is 6.63. The van der Waals surface area contributed by atoms with E-state index in [9.17, 15) is 0 Å². The number of hydrogen-bond donors (Lipinski definition) is 1. The average molecular weight is 199 g/mol. The largest absolute Gasteiger partial charge is 0.316 e. The average Bonchev–Trinajstić information content (AvgIpc) is 2.08. The standard InChI is InChI=1S/C13H29N/c1-12(2)9-7-5-6-8-10-14-11-13(3)4/h12-14H,5-11H2,1-4H3. The molecule has 0 fully saturated rings. The van der Waals surface area contributed by atoms with Gasteiger partial charge in [0.05, 0.1) is 0 Å². The molecule has 86 valence electrons. The van der Waals surface area contributed by atoms with Crippen LogP contribution < -0.4 is 5.32 Å². The van der Waals surface area contributed by atoms with Crippen molar-refractivity contribution in [3.63, 3.8) is 0 Å². The second kappa shape index (κ2) is 9.51. The highest BCUT2D eigenvalue weighted by Crippen LogP contribution is 2.08. The lowest BCUT2D eigenvalue weighted by molar-refractivity contribution is 0.499. The molecule has 0 heterocycles. The molecule has 0 radical (unpaired) electrons. The van der Waals surface area contributed by atoms with Gasteiger partial charge in [0.2, 0.25) is 0 Å². The third kappa shape index (κ3) is 12.0. The molecule has 0 aliphatic rings. The van der Waals surface area contributed by atoms with E-state index in [1.807, 2.05) is 0 Å². The number of unbranched alkanes of at least 4 members (excludes halogenated alkanes) is 3. The summed E-state index contributed by atoms with van der Waals surface area (Å²) in [5.74, 6) is 1.67. The summed E-state index contributed by atoms with van der Waals surface area (Å²) in [6, 6.07) is 0. The third-order valence-electron chi connectivity index (χ3n) is 2.44. The quantitative estimate of drug-likeness (QED) is 0.556. The lowest BCUT2D eigenvalue weighted by Gasteiger charge is -2.07. The summed E-state index contributed by atoms with van der Waals surface area (Å²) in [5, 5.41) is 3.48. The summed E-state index contributed by atoms with van der Waals surface area (Å²) in [6.45, 7) is 11.5. The zero-order valence-corrected chi connectivity index (χ0v) is 10.6. The van der Waals surface area contributed by atoms with E-state index in [-0.39, 0.29) is 0 Å². The third-order valence-corrected chi connectivity index (χ3v) is 2.44. The van der Waals surface area contributed by atoms with Gasteiger partial charge >= 0.3 is 0 Å². The van der Waals surface area contributed by atoms with Gasteiger partial charge in [0.25, 0.3) is 0 Å². The molecule has 1 N–H and O–H groups in total. The molecule has 0 saturated heterocycles. The van der Waals surface area contributed by atoms with E-state index in [1.165, 1.54) is 45.2 Å². The van der Waals surface area contributed by atoms with Crippen molar-refractivity contribution < 1.29 is 0 Å². The lowest BCUT2D eigenvalue weighted by Crippen LogP contribution is -2.20. The topological polar surface area (TPSA) is 12.0 Å². The molecule has 0 rings (SSSR count). The van der Waals surface area contributed by atoms with E-state index in [0.29, 0.717) is 0 Å². The zero-order valence-electron chi connectivity index (χ0n) is 10.6. The molecule has 0 aromatic rings. The summed E-state index contributed by atoms with van der Waals surface area (Å²) in [6.07, 6.45) is 6.99. The first kappa shape index (κ1) is 14.0. The van der Waals surface area contributed by atoms with Crippen LogP contribution in [0.2, 0.25) is 0 Å². The normalized spacial score (nSPS) is 11.6. The Morgan fingerprint density at radius 3 is 2.00 bits per heavy atom. The molecule has 14 heavy (non-hydrogen) atoms. The van der Waals surface area contributed by atoms with E-state index in [0.717, 1.165) is 11.8 Å². The van der Waals surface area contributed by atoms with Gasteiger partial charge in [-0.3, -0.25) is 0 Å². The fourth-order valence-electron chi connectivity index (χ4n) is 1.55. The van der Waals surface area contributed by atoms with Crippen LogP contribution in [0.3, 0.4) is 0 Å². The fraction of sp³-hybridized carbons (Fsp3) is 1.00. The van der Waals surface area contributed by atoms with Gasteiger partial charge in [-0.05, 0) is 31.3 Å². The molecule has 1 nitrogen and oxygen atoms in total. The summed E-state index contributed by atoms with van der Waals surface area (Å²) in [4.78, 5) is 0.